The Morgan fingerprint density at radius 2 is 1.31 bits per heavy atom. The third-order valence-corrected chi connectivity index (χ3v) is 16.6. The number of rotatable bonds is 5. The molecule has 10 rings (SSSR count). The van der Waals surface area contributed by atoms with E-state index in [0.717, 1.165) is 5.52 Å². The number of para-hydroxylation sites is 5. The minimum absolute atomic E-state index is 0.0296. The third kappa shape index (κ3) is 4.70. The Balaban J connectivity index is 1.27. The monoisotopic (exact) mass is 746 g/mol. The molecule has 54 heavy (non-hydrogen) atoms. The minimum atomic E-state index is -4.82. The first-order valence-corrected chi connectivity index (χ1v) is 21.6. The van der Waals surface area contributed by atoms with E-state index in [4.69, 9.17) is 26.2 Å². The Labute approximate surface area is 339 Å². The molecule has 0 bridgehead atoms. The summed E-state index contributed by atoms with van der Waals surface area (Å²) in [7, 11) is -9.23. The maximum Gasteiger partial charge on any atom is 0.220 e. The standard InChI is InChI=1S/C48H41N3OSi2/c1-32-28-29-37(31-39(32)38-21-15-27-45-47(38)52-43-25-11-12-26-44(43)53(45,3)4)54(5,35-18-7-6-8-19-35)36-20-14-17-34(30-36)50-40-22-9-10-23-41(40)51-42-24-13-16-33(2)46(42)49-48(50)51/h6-31H,1-5H3/i1D3,2D3,3D3,4D3,5D3. The van der Waals surface area contributed by atoms with Crippen LogP contribution in [-0.4, -0.2) is 30.1 Å². The van der Waals surface area contributed by atoms with Gasteiger partial charge in [0.25, 0.3) is 0 Å². The lowest BCUT2D eigenvalue weighted by Gasteiger charge is -2.34. The molecule has 1 aliphatic rings. The van der Waals surface area contributed by atoms with Gasteiger partial charge in [-0.1, -0.05) is 141 Å². The highest BCUT2D eigenvalue weighted by atomic mass is 28.3. The van der Waals surface area contributed by atoms with Gasteiger partial charge >= 0.3 is 0 Å². The van der Waals surface area contributed by atoms with E-state index in [0.29, 0.717) is 38.4 Å². The third-order valence-electron chi connectivity index (χ3n) is 10.6. The molecule has 2 aromatic heterocycles. The van der Waals surface area contributed by atoms with Crippen LogP contribution in [-0.2, 0) is 0 Å². The van der Waals surface area contributed by atoms with Crippen molar-refractivity contribution in [1.82, 2.24) is 14.0 Å². The summed E-state index contributed by atoms with van der Waals surface area (Å²) in [5, 5.41) is 1.19. The Hall–Kier alpha value is -5.96. The molecule has 1 aliphatic heterocycles. The van der Waals surface area contributed by atoms with Gasteiger partial charge in [0.2, 0.25) is 5.78 Å². The van der Waals surface area contributed by atoms with E-state index in [1.165, 1.54) is 36.4 Å². The second-order valence-corrected chi connectivity index (χ2v) is 19.5. The Kier molecular flexibility index (Phi) is 4.56. The number of aryl methyl sites for hydroxylation is 2. The summed E-state index contributed by atoms with van der Waals surface area (Å²) in [6.45, 7) is -14.1. The van der Waals surface area contributed by atoms with Gasteiger partial charge in [-0.25, -0.2) is 4.98 Å². The Morgan fingerprint density at radius 1 is 0.593 bits per heavy atom. The first-order chi connectivity index (χ1) is 32.4. The predicted molar refractivity (Wildman–Crippen MR) is 231 cm³/mol. The highest BCUT2D eigenvalue weighted by Gasteiger charge is 2.39. The lowest BCUT2D eigenvalue weighted by molar-refractivity contribution is 0.488. The lowest BCUT2D eigenvalue weighted by Crippen LogP contribution is -2.64. The smallest absolute Gasteiger partial charge is 0.220 e. The zero-order chi connectivity index (χ0) is 49.3. The summed E-state index contributed by atoms with van der Waals surface area (Å²) < 4.78 is 144. The number of nitrogens with zero attached hydrogens (tertiary/aromatic N) is 3. The quantitative estimate of drug-likeness (QED) is 0.130. The summed E-state index contributed by atoms with van der Waals surface area (Å²) in [5.74, 6) is 0.314. The van der Waals surface area contributed by atoms with Crippen molar-refractivity contribution >= 4 is 69.9 Å². The molecule has 7 aromatic carbocycles. The van der Waals surface area contributed by atoms with Gasteiger partial charge in [0, 0.05) is 31.8 Å². The van der Waals surface area contributed by atoms with Crippen LogP contribution < -0.4 is 30.7 Å². The minimum Gasteiger partial charge on any atom is -0.457 e. The van der Waals surface area contributed by atoms with Crippen LogP contribution in [0.3, 0.4) is 0 Å². The van der Waals surface area contributed by atoms with Crippen LogP contribution in [0.5, 0.6) is 11.5 Å². The average molecular weight is 747 g/mol. The second-order valence-electron chi connectivity index (χ2n) is 13.7. The molecule has 0 amide bonds. The molecule has 0 fully saturated rings. The number of hydrogen-bond acceptors (Lipinski definition) is 2. The molecule has 0 N–H and O–H groups in total. The highest BCUT2D eigenvalue weighted by Crippen LogP contribution is 2.38. The molecule has 1 unspecified atom stereocenters. The van der Waals surface area contributed by atoms with Gasteiger partial charge in [-0.3, -0.25) is 8.97 Å². The second kappa shape index (κ2) is 12.0. The number of hydrogen-bond donors (Lipinski definition) is 0. The zero-order valence-electron chi connectivity index (χ0n) is 43.8. The van der Waals surface area contributed by atoms with Crippen LogP contribution in [0, 0.1) is 13.7 Å². The molecular weight excluding hydrogens is 691 g/mol. The fourth-order valence-electron chi connectivity index (χ4n) is 8.02. The molecule has 0 saturated heterocycles. The van der Waals surface area contributed by atoms with Gasteiger partial charge < -0.3 is 4.74 Å². The maximum atomic E-state index is 9.65. The number of aromatic nitrogens is 3. The molecule has 0 saturated carbocycles. The average Bonchev–Trinajstić information content (AvgIpc) is 3.81. The molecule has 4 nitrogen and oxygen atoms in total. The Bertz CT molecular complexity index is 3490. The van der Waals surface area contributed by atoms with Crippen molar-refractivity contribution in [3.05, 3.63) is 169 Å². The number of fused-ring (bicyclic) bond motifs is 7. The van der Waals surface area contributed by atoms with Crippen LogP contribution in [0.15, 0.2) is 158 Å². The predicted octanol–water partition coefficient (Wildman–Crippen LogP) is 8.74. The van der Waals surface area contributed by atoms with Crippen LogP contribution in [0.1, 0.15) is 31.7 Å². The summed E-state index contributed by atoms with van der Waals surface area (Å²) in [4.78, 5) is 4.95. The lowest BCUT2D eigenvalue weighted by atomic mass is 9.99. The number of imidazole rings is 2. The zero-order valence-corrected chi connectivity index (χ0v) is 30.8. The topological polar surface area (TPSA) is 31.5 Å². The molecule has 262 valence electrons. The molecular formula is C48H41N3OSi2. The molecule has 0 aliphatic carbocycles. The molecule has 0 radical (unpaired) electrons. The molecule has 3 heterocycles. The van der Waals surface area contributed by atoms with Crippen molar-refractivity contribution < 1.29 is 25.3 Å². The normalized spacial score (nSPS) is 19.7. The van der Waals surface area contributed by atoms with E-state index in [9.17, 15) is 4.11 Å². The summed E-state index contributed by atoms with van der Waals surface area (Å²) >= 11 is 0. The van der Waals surface area contributed by atoms with Gasteiger partial charge in [-0.05, 0) is 92.7 Å². The first-order valence-electron chi connectivity index (χ1n) is 25.1. The van der Waals surface area contributed by atoms with Crippen LogP contribution in [0.25, 0.3) is 44.7 Å². The van der Waals surface area contributed by atoms with E-state index in [2.05, 4.69) is 0 Å². The van der Waals surface area contributed by atoms with E-state index >= 15 is 0 Å². The Morgan fingerprint density at radius 3 is 2.17 bits per heavy atom. The van der Waals surface area contributed by atoms with E-state index in [1.54, 1.807) is 84.9 Å². The molecule has 6 heteroatoms. The number of benzene rings is 7. The molecule has 1 atom stereocenters. The van der Waals surface area contributed by atoms with E-state index in [1.807, 2.05) is 45.4 Å². The van der Waals surface area contributed by atoms with Crippen LogP contribution >= 0.6 is 0 Å². The fourth-order valence-corrected chi connectivity index (χ4v) is 13.1. The SMILES string of the molecule is [2H]C([2H])([2H])c1ccc([Si](c2ccccc2)(c2cccc(-n3c4ccccc4n4c5cccc(C([2H])([2H])[2H])c5nc34)c2)C([2H])([2H])[2H])cc1-c1cccc2c1Oc1ccccc1[Si]2(C([2H])([2H])[2H])C([2H])([2H])[2H]. The number of ether oxygens (including phenoxy) is 1. The first kappa shape index (κ1) is 20.5. The largest absolute Gasteiger partial charge is 0.457 e. The van der Waals surface area contributed by atoms with Crippen molar-refractivity contribution in [3.8, 4) is 28.3 Å². The molecule has 9 aromatic rings. The van der Waals surface area contributed by atoms with Crippen LogP contribution in [0.4, 0.5) is 0 Å². The maximum absolute atomic E-state index is 9.65. The van der Waals surface area contributed by atoms with Gasteiger partial charge in [0.05, 0.1) is 22.1 Å². The van der Waals surface area contributed by atoms with Crippen molar-refractivity contribution in [2.24, 2.45) is 0 Å². The van der Waals surface area contributed by atoms with Gasteiger partial charge in [0.1, 0.15) is 27.6 Å². The van der Waals surface area contributed by atoms with E-state index in [-0.39, 0.29) is 49.3 Å². The van der Waals surface area contributed by atoms with Crippen molar-refractivity contribution in [1.29, 1.82) is 0 Å². The molecule has 0 spiro atoms. The summed E-state index contributed by atoms with van der Waals surface area (Å²) in [6, 6.07) is 43.6. The highest BCUT2D eigenvalue weighted by molar-refractivity contribution is 7.10. The van der Waals surface area contributed by atoms with Crippen molar-refractivity contribution in [2.45, 2.75) is 33.1 Å². The van der Waals surface area contributed by atoms with Crippen molar-refractivity contribution in [2.75, 3.05) is 0 Å². The fraction of sp³-hybridized carbons (Fsp3) is 0.104. The summed E-state index contributed by atoms with van der Waals surface area (Å²) in [5.41, 5.74) is 2.88. The van der Waals surface area contributed by atoms with Gasteiger partial charge in [0.15, 0.2) is 0 Å². The van der Waals surface area contributed by atoms with Gasteiger partial charge in [-0.15, -0.1) is 0 Å². The van der Waals surface area contributed by atoms with Crippen LogP contribution in [0.2, 0.25) is 19.4 Å². The van der Waals surface area contributed by atoms with Gasteiger partial charge in [-0.2, -0.15) is 0 Å². The van der Waals surface area contributed by atoms with Crippen molar-refractivity contribution in [3.63, 3.8) is 0 Å². The van der Waals surface area contributed by atoms with E-state index < -0.39 is 49.3 Å². The summed E-state index contributed by atoms with van der Waals surface area (Å²) in [6.07, 6.45) is 0.